The van der Waals surface area contributed by atoms with Gasteiger partial charge in [0.2, 0.25) is 5.76 Å². The van der Waals surface area contributed by atoms with Crippen LogP contribution >= 0.6 is 0 Å². The number of aryl methyl sites for hydroxylation is 2. The van der Waals surface area contributed by atoms with Gasteiger partial charge >= 0.3 is 0 Å². The maximum absolute atomic E-state index is 11.3. The second-order valence-electron chi connectivity index (χ2n) is 2.53. The predicted octanol–water partition coefficient (Wildman–Crippen LogP) is 0.654. The zero-order chi connectivity index (χ0) is 9.84. The Morgan fingerprint density at radius 3 is 2.85 bits per heavy atom. The molecule has 1 N–H and O–H groups in total. The van der Waals surface area contributed by atoms with E-state index in [1.807, 2.05) is 0 Å². The Morgan fingerprint density at radius 2 is 2.38 bits per heavy atom. The van der Waals surface area contributed by atoms with Crippen LogP contribution in [0.1, 0.15) is 22.1 Å². The number of carbonyl (C=O) groups is 1. The highest BCUT2D eigenvalue weighted by atomic mass is 16.4. The Bertz CT molecular complexity index is 360. The summed E-state index contributed by atoms with van der Waals surface area (Å²) in [6.45, 7) is 3.59. The maximum Gasteiger partial charge on any atom is 0.289 e. The number of hydrogen-bond donors (Lipinski definition) is 1. The van der Waals surface area contributed by atoms with Crippen molar-refractivity contribution in [2.24, 2.45) is 0 Å². The highest BCUT2D eigenvalue weighted by Gasteiger charge is 2.14. The average molecular weight is 178 g/mol. The fourth-order valence-electron chi connectivity index (χ4n) is 0.954. The minimum Gasteiger partial charge on any atom is -0.436 e. The first-order valence-electron chi connectivity index (χ1n) is 3.81. The molecule has 0 unspecified atom stereocenters. The van der Waals surface area contributed by atoms with Crippen LogP contribution in [-0.2, 0) is 0 Å². The van der Waals surface area contributed by atoms with E-state index in [0.29, 0.717) is 11.6 Å². The molecule has 13 heavy (non-hydrogen) atoms. The molecule has 0 aliphatic carbocycles. The molecule has 0 aliphatic rings. The average Bonchev–Trinajstić information content (AvgIpc) is 2.41. The summed E-state index contributed by atoms with van der Waals surface area (Å²) in [6.07, 6.45) is 4.99. The van der Waals surface area contributed by atoms with E-state index in [1.165, 1.54) is 0 Å². The second kappa shape index (κ2) is 3.76. The molecule has 0 saturated heterocycles. The molecule has 0 aliphatic heterocycles. The Balaban J connectivity index is 2.78. The van der Waals surface area contributed by atoms with Crippen LogP contribution in [0.25, 0.3) is 0 Å². The molecule has 1 heterocycles. The molecule has 68 valence electrons. The van der Waals surface area contributed by atoms with Crippen LogP contribution in [0.3, 0.4) is 0 Å². The number of nitrogens with zero attached hydrogens (tertiary/aromatic N) is 1. The van der Waals surface area contributed by atoms with Crippen molar-refractivity contribution in [3.63, 3.8) is 0 Å². The number of aromatic nitrogens is 1. The fraction of sp³-hybridized carbons (Fsp3) is 0.333. The lowest BCUT2D eigenvalue weighted by atomic mass is 10.3. The third kappa shape index (κ3) is 2.09. The quantitative estimate of drug-likeness (QED) is 0.676. The summed E-state index contributed by atoms with van der Waals surface area (Å²) in [7, 11) is 0. The molecule has 1 aromatic rings. The van der Waals surface area contributed by atoms with Crippen LogP contribution in [0.2, 0.25) is 0 Å². The zero-order valence-corrected chi connectivity index (χ0v) is 7.55. The van der Waals surface area contributed by atoms with E-state index in [0.717, 1.165) is 0 Å². The van der Waals surface area contributed by atoms with Crippen molar-refractivity contribution in [3.8, 4) is 12.3 Å². The van der Waals surface area contributed by atoms with Crippen LogP contribution < -0.4 is 5.32 Å². The van der Waals surface area contributed by atoms with Gasteiger partial charge in [0.05, 0.1) is 12.2 Å². The minimum absolute atomic E-state index is 0.192. The van der Waals surface area contributed by atoms with E-state index >= 15 is 0 Å². The van der Waals surface area contributed by atoms with Gasteiger partial charge in [0.1, 0.15) is 0 Å². The lowest BCUT2D eigenvalue weighted by molar-refractivity contribution is 0.0929. The standard InChI is InChI=1S/C9H10N2O2/c1-4-5-10-9(12)8-6(2)11-7(3)13-8/h1H,5H2,2-3H3,(H,10,12). The summed E-state index contributed by atoms with van der Waals surface area (Å²) >= 11 is 0. The Hall–Kier alpha value is -1.76. The van der Waals surface area contributed by atoms with E-state index in [4.69, 9.17) is 10.8 Å². The fourth-order valence-corrected chi connectivity index (χ4v) is 0.954. The van der Waals surface area contributed by atoms with Crippen LogP contribution in [0.15, 0.2) is 4.42 Å². The van der Waals surface area contributed by atoms with Gasteiger partial charge in [-0.3, -0.25) is 4.79 Å². The molecule has 0 radical (unpaired) electrons. The molecule has 0 saturated carbocycles. The van der Waals surface area contributed by atoms with Crippen molar-refractivity contribution >= 4 is 5.91 Å². The third-order valence-electron chi connectivity index (χ3n) is 1.46. The first kappa shape index (κ1) is 9.33. The Labute approximate surface area is 76.3 Å². The largest absolute Gasteiger partial charge is 0.436 e. The number of oxazole rings is 1. The molecule has 0 bridgehead atoms. The lowest BCUT2D eigenvalue weighted by Crippen LogP contribution is -2.23. The Morgan fingerprint density at radius 1 is 1.69 bits per heavy atom. The number of amides is 1. The molecular weight excluding hydrogens is 168 g/mol. The second-order valence-corrected chi connectivity index (χ2v) is 2.53. The molecule has 1 aromatic heterocycles. The lowest BCUT2D eigenvalue weighted by Gasteiger charge is -1.96. The highest BCUT2D eigenvalue weighted by Crippen LogP contribution is 2.08. The molecule has 4 nitrogen and oxygen atoms in total. The molecule has 0 aromatic carbocycles. The summed E-state index contributed by atoms with van der Waals surface area (Å²) in [5, 5.41) is 2.49. The molecule has 1 amide bonds. The third-order valence-corrected chi connectivity index (χ3v) is 1.46. The number of terminal acetylenes is 1. The van der Waals surface area contributed by atoms with Crippen molar-refractivity contribution in [1.82, 2.24) is 10.3 Å². The SMILES string of the molecule is C#CCNC(=O)c1oc(C)nc1C. The zero-order valence-electron chi connectivity index (χ0n) is 7.55. The first-order valence-corrected chi connectivity index (χ1v) is 3.81. The number of carbonyl (C=O) groups excluding carboxylic acids is 1. The predicted molar refractivity (Wildman–Crippen MR) is 47.1 cm³/mol. The van der Waals surface area contributed by atoms with Crippen LogP contribution in [0.5, 0.6) is 0 Å². The van der Waals surface area contributed by atoms with Crippen molar-refractivity contribution in [2.75, 3.05) is 6.54 Å². The number of nitrogens with one attached hydrogen (secondary N) is 1. The van der Waals surface area contributed by atoms with Crippen LogP contribution in [0, 0.1) is 26.2 Å². The summed E-state index contributed by atoms with van der Waals surface area (Å²) in [4.78, 5) is 15.3. The number of rotatable bonds is 2. The molecular formula is C9H10N2O2. The van der Waals surface area contributed by atoms with Crippen molar-refractivity contribution < 1.29 is 9.21 Å². The minimum atomic E-state index is -0.323. The van der Waals surface area contributed by atoms with Gasteiger partial charge in [0.15, 0.2) is 5.89 Å². The molecule has 0 fully saturated rings. The monoisotopic (exact) mass is 178 g/mol. The van der Waals surface area contributed by atoms with E-state index in [-0.39, 0.29) is 18.2 Å². The van der Waals surface area contributed by atoms with Crippen molar-refractivity contribution in [3.05, 3.63) is 17.3 Å². The molecule has 1 rings (SSSR count). The Kier molecular flexibility index (Phi) is 2.70. The summed E-state index contributed by atoms with van der Waals surface area (Å²) in [6, 6.07) is 0. The van der Waals surface area contributed by atoms with Crippen molar-refractivity contribution in [1.29, 1.82) is 0 Å². The van der Waals surface area contributed by atoms with E-state index in [9.17, 15) is 4.79 Å². The van der Waals surface area contributed by atoms with Gasteiger partial charge in [0, 0.05) is 6.92 Å². The van der Waals surface area contributed by atoms with E-state index in [1.54, 1.807) is 13.8 Å². The summed E-state index contributed by atoms with van der Waals surface area (Å²) in [5.41, 5.74) is 0.576. The topological polar surface area (TPSA) is 55.1 Å². The van der Waals surface area contributed by atoms with Gasteiger partial charge in [-0.1, -0.05) is 5.92 Å². The van der Waals surface area contributed by atoms with E-state index < -0.39 is 0 Å². The normalized spacial score (nSPS) is 9.31. The van der Waals surface area contributed by atoms with Crippen LogP contribution in [-0.4, -0.2) is 17.4 Å². The summed E-state index contributed by atoms with van der Waals surface area (Å²) < 4.78 is 5.08. The van der Waals surface area contributed by atoms with Gasteiger partial charge in [-0.25, -0.2) is 4.98 Å². The highest BCUT2D eigenvalue weighted by molar-refractivity contribution is 5.92. The number of hydrogen-bond acceptors (Lipinski definition) is 3. The van der Waals surface area contributed by atoms with Gasteiger partial charge in [-0.05, 0) is 6.92 Å². The van der Waals surface area contributed by atoms with Gasteiger partial charge < -0.3 is 9.73 Å². The van der Waals surface area contributed by atoms with Crippen LogP contribution in [0.4, 0.5) is 0 Å². The summed E-state index contributed by atoms with van der Waals surface area (Å²) in [5.74, 6) is 2.68. The van der Waals surface area contributed by atoms with E-state index in [2.05, 4.69) is 16.2 Å². The maximum atomic E-state index is 11.3. The van der Waals surface area contributed by atoms with Crippen molar-refractivity contribution in [2.45, 2.75) is 13.8 Å². The first-order chi connectivity index (χ1) is 6.15. The molecule has 0 spiro atoms. The smallest absolute Gasteiger partial charge is 0.289 e. The van der Waals surface area contributed by atoms with Gasteiger partial charge in [0.25, 0.3) is 5.91 Å². The molecule has 4 heteroatoms. The van der Waals surface area contributed by atoms with Gasteiger partial charge in [-0.15, -0.1) is 6.42 Å². The van der Waals surface area contributed by atoms with Gasteiger partial charge in [-0.2, -0.15) is 0 Å². The molecule has 0 atom stereocenters.